The molecular formula is C17H13N3O3. The van der Waals surface area contributed by atoms with E-state index in [-0.39, 0.29) is 5.97 Å². The Labute approximate surface area is 131 Å². The second-order valence-corrected chi connectivity index (χ2v) is 5.27. The van der Waals surface area contributed by atoms with E-state index in [9.17, 15) is 4.79 Å². The maximum absolute atomic E-state index is 11.0. The third-order valence-corrected chi connectivity index (χ3v) is 3.59. The third-order valence-electron chi connectivity index (χ3n) is 3.59. The van der Waals surface area contributed by atoms with Crippen molar-refractivity contribution in [2.24, 2.45) is 7.05 Å². The van der Waals surface area contributed by atoms with Crippen molar-refractivity contribution in [3.05, 3.63) is 42.7 Å². The summed E-state index contributed by atoms with van der Waals surface area (Å²) in [5.74, 6) is 0.579. The second-order valence-electron chi connectivity index (χ2n) is 5.27. The van der Waals surface area contributed by atoms with E-state index in [1.54, 1.807) is 24.4 Å². The number of rotatable bonds is 2. The molecule has 0 aliphatic heterocycles. The fraction of sp³-hybridized carbons (Fsp3) is 0.118. The highest BCUT2D eigenvalue weighted by molar-refractivity contribution is 5.93. The zero-order chi connectivity index (χ0) is 16.0. The van der Waals surface area contributed by atoms with E-state index < -0.39 is 0 Å². The van der Waals surface area contributed by atoms with Crippen LogP contribution in [0, 0.1) is 0 Å². The van der Waals surface area contributed by atoms with Gasteiger partial charge in [-0.15, -0.1) is 0 Å². The van der Waals surface area contributed by atoms with Crippen LogP contribution in [0.4, 0.5) is 0 Å². The van der Waals surface area contributed by atoms with E-state index in [1.807, 2.05) is 29.9 Å². The summed E-state index contributed by atoms with van der Waals surface area (Å²) in [5, 5.41) is 0.974. The molecule has 0 saturated carbocycles. The van der Waals surface area contributed by atoms with Crippen molar-refractivity contribution in [2.45, 2.75) is 6.92 Å². The molecule has 3 heterocycles. The average Bonchev–Trinajstić information content (AvgIpc) is 3.08. The fourth-order valence-electron chi connectivity index (χ4n) is 2.63. The highest BCUT2D eigenvalue weighted by Crippen LogP contribution is 2.32. The summed E-state index contributed by atoms with van der Waals surface area (Å²) in [4.78, 5) is 19.9. The number of benzene rings is 1. The first-order valence-corrected chi connectivity index (χ1v) is 7.11. The van der Waals surface area contributed by atoms with Gasteiger partial charge in [-0.05, 0) is 24.3 Å². The minimum atomic E-state index is -0.371. The van der Waals surface area contributed by atoms with Crippen LogP contribution >= 0.6 is 0 Å². The molecule has 4 aromatic rings. The molecule has 0 aliphatic carbocycles. The first kappa shape index (κ1) is 13.5. The first-order chi connectivity index (χ1) is 11.1. The summed E-state index contributed by atoms with van der Waals surface area (Å²) in [6, 6.07) is 8.99. The molecule has 0 bridgehead atoms. The zero-order valence-corrected chi connectivity index (χ0v) is 12.6. The Hall–Kier alpha value is -3.15. The van der Waals surface area contributed by atoms with Gasteiger partial charge in [0.15, 0.2) is 5.58 Å². The fourth-order valence-corrected chi connectivity index (χ4v) is 2.63. The molecule has 6 nitrogen and oxygen atoms in total. The van der Waals surface area contributed by atoms with Gasteiger partial charge in [-0.2, -0.15) is 0 Å². The molecule has 23 heavy (non-hydrogen) atoms. The maximum atomic E-state index is 11.0. The molecule has 0 saturated heterocycles. The van der Waals surface area contributed by atoms with Crippen LogP contribution in [0.15, 0.2) is 47.1 Å². The van der Waals surface area contributed by atoms with Crippen LogP contribution in [-0.2, 0) is 11.8 Å². The number of hydrogen-bond acceptors (Lipinski definition) is 5. The third kappa shape index (κ3) is 2.24. The lowest BCUT2D eigenvalue weighted by Crippen LogP contribution is -2.00. The summed E-state index contributed by atoms with van der Waals surface area (Å²) >= 11 is 0. The number of carbonyl (C=O) groups is 1. The number of aromatic nitrogens is 3. The van der Waals surface area contributed by atoms with Crippen molar-refractivity contribution in [2.75, 3.05) is 0 Å². The van der Waals surface area contributed by atoms with Gasteiger partial charge in [0.1, 0.15) is 16.9 Å². The quantitative estimate of drug-likeness (QED) is 0.420. The summed E-state index contributed by atoms with van der Waals surface area (Å²) in [5.41, 5.74) is 3.02. The van der Waals surface area contributed by atoms with Crippen molar-refractivity contribution in [1.82, 2.24) is 14.5 Å². The number of aryl methyl sites for hydroxylation is 1. The van der Waals surface area contributed by atoms with Crippen LogP contribution in [0.5, 0.6) is 5.75 Å². The van der Waals surface area contributed by atoms with Crippen LogP contribution in [0.2, 0.25) is 0 Å². The largest absolute Gasteiger partial charge is 0.436 e. The monoisotopic (exact) mass is 307 g/mol. The molecule has 0 N–H and O–H groups in total. The van der Waals surface area contributed by atoms with Gasteiger partial charge < -0.3 is 13.7 Å². The Balaban J connectivity index is 1.86. The minimum Gasteiger partial charge on any atom is -0.436 e. The van der Waals surface area contributed by atoms with Gasteiger partial charge in [-0.1, -0.05) is 0 Å². The van der Waals surface area contributed by atoms with Gasteiger partial charge in [0, 0.05) is 37.8 Å². The number of oxazole rings is 1. The van der Waals surface area contributed by atoms with E-state index in [0.29, 0.717) is 22.7 Å². The van der Waals surface area contributed by atoms with E-state index in [1.165, 1.54) is 6.92 Å². The van der Waals surface area contributed by atoms with Crippen LogP contribution in [0.3, 0.4) is 0 Å². The van der Waals surface area contributed by atoms with Crippen molar-refractivity contribution in [3.8, 4) is 17.2 Å². The molecule has 0 fully saturated rings. The molecule has 0 aliphatic rings. The van der Waals surface area contributed by atoms with Gasteiger partial charge in [0.2, 0.25) is 5.89 Å². The van der Waals surface area contributed by atoms with Gasteiger partial charge >= 0.3 is 5.97 Å². The predicted molar refractivity (Wildman–Crippen MR) is 85.0 cm³/mol. The van der Waals surface area contributed by atoms with Crippen LogP contribution in [-0.4, -0.2) is 20.5 Å². The zero-order valence-electron chi connectivity index (χ0n) is 12.6. The normalized spacial score (nSPS) is 11.2. The molecule has 6 heteroatoms. The maximum Gasteiger partial charge on any atom is 0.308 e. The molecule has 1 aromatic carbocycles. The lowest BCUT2D eigenvalue weighted by molar-refractivity contribution is -0.131. The van der Waals surface area contributed by atoms with Gasteiger partial charge in [-0.25, -0.2) is 9.97 Å². The molecule has 0 spiro atoms. The Morgan fingerprint density at radius 2 is 2.17 bits per heavy atom. The van der Waals surface area contributed by atoms with E-state index in [2.05, 4.69) is 9.97 Å². The molecule has 3 aromatic heterocycles. The topological polar surface area (TPSA) is 70.2 Å². The highest BCUT2D eigenvalue weighted by atomic mass is 16.5. The Kier molecular flexibility index (Phi) is 2.90. The van der Waals surface area contributed by atoms with Gasteiger partial charge in [0.25, 0.3) is 0 Å². The molecule has 0 radical (unpaired) electrons. The van der Waals surface area contributed by atoms with Crippen LogP contribution < -0.4 is 4.74 Å². The average molecular weight is 307 g/mol. The molecule has 114 valence electrons. The highest BCUT2D eigenvalue weighted by Gasteiger charge is 2.15. The summed E-state index contributed by atoms with van der Waals surface area (Å²) in [6.45, 7) is 1.36. The number of fused-ring (bicyclic) bond motifs is 2. The number of hydrogen-bond donors (Lipinski definition) is 0. The van der Waals surface area contributed by atoms with E-state index in [0.717, 1.165) is 16.6 Å². The smallest absolute Gasteiger partial charge is 0.308 e. The van der Waals surface area contributed by atoms with E-state index in [4.69, 9.17) is 9.15 Å². The van der Waals surface area contributed by atoms with Crippen molar-refractivity contribution < 1.29 is 13.9 Å². The van der Waals surface area contributed by atoms with Gasteiger partial charge in [0.05, 0.1) is 5.56 Å². The molecule has 4 rings (SSSR count). The number of carbonyl (C=O) groups excluding carboxylic acids is 1. The first-order valence-electron chi connectivity index (χ1n) is 7.11. The predicted octanol–water partition coefficient (Wildman–Crippen LogP) is 3.31. The standard InChI is InChI=1S/C17H13N3O3/c1-10(21)22-11-5-6-14-15(8-11)23-17(19-14)13-9-20(2)16-12(13)4-3-7-18-16/h3-9H,1-2H3. The molecular weight excluding hydrogens is 294 g/mol. The lowest BCUT2D eigenvalue weighted by atomic mass is 10.2. The second kappa shape index (κ2) is 4.95. The Bertz CT molecular complexity index is 1050. The SMILES string of the molecule is CC(=O)Oc1ccc2nc(-c3cn(C)c4ncccc34)oc2c1. The molecule has 0 amide bonds. The van der Waals surface area contributed by atoms with E-state index >= 15 is 0 Å². The van der Waals surface area contributed by atoms with Crippen molar-refractivity contribution in [1.29, 1.82) is 0 Å². The number of esters is 1. The summed E-state index contributed by atoms with van der Waals surface area (Å²) in [7, 11) is 1.93. The van der Waals surface area contributed by atoms with Crippen LogP contribution in [0.1, 0.15) is 6.92 Å². The molecule has 0 unspecified atom stereocenters. The summed E-state index contributed by atoms with van der Waals surface area (Å²) < 4.78 is 12.9. The van der Waals surface area contributed by atoms with Crippen molar-refractivity contribution in [3.63, 3.8) is 0 Å². The van der Waals surface area contributed by atoms with Crippen LogP contribution in [0.25, 0.3) is 33.6 Å². The minimum absolute atomic E-state index is 0.371. The number of nitrogens with zero attached hydrogens (tertiary/aromatic N) is 3. The summed E-state index contributed by atoms with van der Waals surface area (Å²) in [6.07, 6.45) is 3.69. The molecule has 0 atom stereocenters. The van der Waals surface area contributed by atoms with Gasteiger partial charge in [-0.3, -0.25) is 4.79 Å². The lowest BCUT2D eigenvalue weighted by Gasteiger charge is -1.98. The Morgan fingerprint density at radius 1 is 1.30 bits per heavy atom. The van der Waals surface area contributed by atoms with Crippen molar-refractivity contribution >= 4 is 28.1 Å². The Morgan fingerprint density at radius 3 is 3.00 bits per heavy atom. The number of pyridine rings is 1. The number of ether oxygens (including phenoxy) is 1.